The van der Waals surface area contributed by atoms with Crippen molar-refractivity contribution >= 4 is 56.8 Å². The van der Waals surface area contributed by atoms with Crippen molar-refractivity contribution in [3.8, 4) is 11.8 Å². The van der Waals surface area contributed by atoms with E-state index in [0.717, 1.165) is 62.6 Å². The number of carbonyl (C=O) groups excluding carboxylic acids is 4. The van der Waals surface area contributed by atoms with Gasteiger partial charge in [-0.05, 0) is 104 Å². The van der Waals surface area contributed by atoms with Crippen LogP contribution in [0.25, 0.3) is 32.8 Å². The largest absolute Gasteiger partial charge is 0.453 e. The monoisotopic (exact) mass is 872 g/mol. The van der Waals surface area contributed by atoms with E-state index in [-0.39, 0.29) is 47.6 Å². The summed E-state index contributed by atoms with van der Waals surface area (Å²) in [5.41, 5.74) is 4.98. The average Bonchev–Trinajstić information content (AvgIpc) is 4.13. The third-order valence-corrected chi connectivity index (χ3v) is 13.5. The zero-order chi connectivity index (χ0) is 44.5. The highest BCUT2D eigenvalue weighted by Gasteiger charge is 2.44. The van der Waals surface area contributed by atoms with Crippen LogP contribution in [0.15, 0.2) is 48.5 Å². The number of amides is 4. The number of H-pyrrole nitrogens is 2. The van der Waals surface area contributed by atoms with Crippen LogP contribution in [0, 0.1) is 35.5 Å². The molecule has 0 bridgehead atoms. The summed E-state index contributed by atoms with van der Waals surface area (Å²) >= 11 is 0. The molecule has 16 heteroatoms. The Kier molecular flexibility index (Phi) is 12.5. The Morgan fingerprint density at radius 3 is 1.77 bits per heavy atom. The van der Waals surface area contributed by atoms with E-state index in [2.05, 4.69) is 58.4 Å². The highest BCUT2D eigenvalue weighted by molar-refractivity contribution is 6.04. The molecule has 4 saturated heterocycles. The number of fused-ring (bicyclic) bond motifs is 4. The standard InChI is InChI=1S/C48H56N8O8/c1-27-21-38(55(25-27)45(57)40(53-47(59)61-3)31-13-17-63-18-14-31)43-49-35-11-8-30(24-37(35)51-43)6-5-29-7-10-34-33(23-29)9-12-36-42(34)52-44(50-36)39-22-28(2)26-56(39)46(58)41(54-48(60)62-4)32-15-19-64-20-16-32/h7-12,23-24,27-28,31-32,38-41H,13-22,25-26H2,1-4H3,(H,49,51)(H,50,52)(H,53,59)(H,54,60)/t27-,28-,38-,39-,40-,41-/m0/s1. The van der Waals surface area contributed by atoms with Gasteiger partial charge in [-0.2, -0.15) is 0 Å². The number of nitrogens with zero attached hydrogens (tertiary/aromatic N) is 4. The number of benzene rings is 3. The van der Waals surface area contributed by atoms with Gasteiger partial charge >= 0.3 is 12.2 Å². The van der Waals surface area contributed by atoms with Crippen molar-refractivity contribution in [3.05, 3.63) is 71.3 Å². The van der Waals surface area contributed by atoms with Crippen LogP contribution in [-0.2, 0) is 28.5 Å². The molecule has 0 aliphatic carbocycles. The fraction of sp³-hybridized carbons (Fsp3) is 0.500. The van der Waals surface area contributed by atoms with Crippen LogP contribution in [0.1, 0.15) is 87.2 Å². The Bertz CT molecular complexity index is 2620. The Morgan fingerprint density at radius 2 is 1.20 bits per heavy atom. The number of carbonyl (C=O) groups is 4. The Morgan fingerprint density at radius 1 is 0.688 bits per heavy atom. The lowest BCUT2D eigenvalue weighted by Gasteiger charge is -2.34. The highest BCUT2D eigenvalue weighted by atomic mass is 16.5. The van der Waals surface area contributed by atoms with Gasteiger partial charge < -0.3 is 49.3 Å². The maximum absolute atomic E-state index is 14.2. The fourth-order valence-corrected chi connectivity index (χ4v) is 10.2. The van der Waals surface area contributed by atoms with Crippen molar-refractivity contribution < 1.29 is 38.1 Å². The molecule has 2 aromatic heterocycles. The number of rotatable bonds is 8. The van der Waals surface area contributed by atoms with E-state index in [1.807, 2.05) is 46.2 Å². The molecular formula is C48H56N8O8. The molecule has 4 aliphatic rings. The van der Waals surface area contributed by atoms with Crippen LogP contribution < -0.4 is 10.6 Å². The lowest BCUT2D eigenvalue weighted by molar-refractivity contribution is -0.137. The number of likely N-dealkylation sites (tertiary alicyclic amines) is 2. The lowest BCUT2D eigenvalue weighted by Crippen LogP contribution is -2.53. The molecule has 4 amide bonds. The summed E-state index contributed by atoms with van der Waals surface area (Å²) in [5.74, 6) is 8.25. The molecule has 0 saturated carbocycles. The van der Waals surface area contributed by atoms with Crippen LogP contribution in [-0.4, -0.2) is 120 Å². The number of alkyl carbamates (subject to hydrolysis) is 2. The van der Waals surface area contributed by atoms with Crippen LogP contribution >= 0.6 is 0 Å². The van der Waals surface area contributed by atoms with E-state index < -0.39 is 24.3 Å². The second-order valence-electron chi connectivity index (χ2n) is 17.9. The third kappa shape index (κ3) is 8.83. The van der Waals surface area contributed by atoms with Crippen molar-refractivity contribution in [1.82, 2.24) is 40.4 Å². The van der Waals surface area contributed by atoms with Crippen molar-refractivity contribution in [3.63, 3.8) is 0 Å². The average molecular weight is 873 g/mol. The molecule has 16 nitrogen and oxygen atoms in total. The molecule has 4 N–H and O–H groups in total. The minimum absolute atomic E-state index is 0.0491. The SMILES string of the molecule is COC(=O)N[C@H](C(=O)N1C[C@@H](C)C[C@H]1c1nc2ccc(C#Cc3ccc4c(ccc5[nH]c([C@@H]6C[C@H](C)CN6C(=O)[C@@H](NC(=O)OC)C6CCOCC6)nc54)c3)cc2[nH]1)C1CCOCC1. The van der Waals surface area contributed by atoms with Crippen LogP contribution in [0.3, 0.4) is 0 Å². The summed E-state index contributed by atoms with van der Waals surface area (Å²) in [6, 6.07) is 14.1. The van der Waals surface area contributed by atoms with Gasteiger partial charge in [-0.15, -0.1) is 0 Å². The first-order chi connectivity index (χ1) is 31.1. The normalized spacial score (nSPS) is 22.9. The van der Waals surface area contributed by atoms with Crippen molar-refractivity contribution in [1.29, 1.82) is 0 Å². The smallest absolute Gasteiger partial charge is 0.407 e. The summed E-state index contributed by atoms with van der Waals surface area (Å²) in [7, 11) is 2.62. The van der Waals surface area contributed by atoms with Gasteiger partial charge in [-0.1, -0.05) is 37.8 Å². The molecule has 6 heterocycles. The third-order valence-electron chi connectivity index (χ3n) is 13.5. The molecule has 5 aromatic rings. The topological polar surface area (TPSA) is 193 Å². The summed E-state index contributed by atoms with van der Waals surface area (Å²) < 4.78 is 20.9. The predicted octanol–water partition coefficient (Wildman–Crippen LogP) is 6.11. The van der Waals surface area contributed by atoms with Gasteiger partial charge in [0.15, 0.2) is 0 Å². The van der Waals surface area contributed by atoms with E-state index in [9.17, 15) is 19.2 Å². The van der Waals surface area contributed by atoms with E-state index in [4.69, 9.17) is 28.9 Å². The van der Waals surface area contributed by atoms with Gasteiger partial charge in [0.05, 0.1) is 48.4 Å². The highest BCUT2D eigenvalue weighted by Crippen LogP contribution is 2.39. The maximum Gasteiger partial charge on any atom is 0.407 e. The number of methoxy groups -OCH3 is 2. The Hall–Kier alpha value is -6.18. The van der Waals surface area contributed by atoms with E-state index in [1.54, 1.807) is 0 Å². The molecular weight excluding hydrogens is 817 g/mol. The van der Waals surface area contributed by atoms with E-state index in [0.29, 0.717) is 71.0 Å². The molecule has 64 heavy (non-hydrogen) atoms. The second-order valence-corrected chi connectivity index (χ2v) is 17.9. The van der Waals surface area contributed by atoms with E-state index >= 15 is 0 Å². The fourth-order valence-electron chi connectivity index (χ4n) is 10.2. The summed E-state index contributed by atoms with van der Waals surface area (Å²) in [5, 5.41) is 7.63. The molecule has 0 radical (unpaired) electrons. The number of imidazole rings is 2. The second kappa shape index (κ2) is 18.5. The lowest BCUT2D eigenvalue weighted by atomic mass is 9.90. The Balaban J connectivity index is 0.927. The van der Waals surface area contributed by atoms with E-state index in [1.165, 1.54) is 14.2 Å². The first-order valence-electron chi connectivity index (χ1n) is 22.5. The van der Waals surface area contributed by atoms with Crippen LogP contribution in [0.5, 0.6) is 0 Å². The number of hydrogen-bond donors (Lipinski definition) is 4. The summed E-state index contributed by atoms with van der Waals surface area (Å²) in [6.45, 7) is 7.58. The first kappa shape index (κ1) is 43.1. The van der Waals surface area contributed by atoms with Gasteiger partial charge in [0, 0.05) is 56.0 Å². The number of nitrogens with one attached hydrogen (secondary N) is 4. The van der Waals surface area contributed by atoms with Crippen LogP contribution in [0.2, 0.25) is 0 Å². The Labute approximate surface area is 371 Å². The molecule has 4 aliphatic heterocycles. The zero-order valence-corrected chi connectivity index (χ0v) is 36.8. The number of hydrogen-bond acceptors (Lipinski definition) is 10. The maximum atomic E-state index is 14.2. The number of aromatic nitrogens is 4. The van der Waals surface area contributed by atoms with Crippen molar-refractivity contribution in [2.24, 2.45) is 23.7 Å². The van der Waals surface area contributed by atoms with Gasteiger partial charge in [-0.25, -0.2) is 19.6 Å². The minimum atomic E-state index is -0.712. The first-order valence-corrected chi connectivity index (χ1v) is 22.5. The quantitative estimate of drug-likeness (QED) is 0.132. The summed E-state index contributed by atoms with van der Waals surface area (Å²) in [4.78, 5) is 74.0. The predicted molar refractivity (Wildman–Crippen MR) is 238 cm³/mol. The van der Waals surface area contributed by atoms with Gasteiger partial charge in [-0.3, -0.25) is 9.59 Å². The van der Waals surface area contributed by atoms with Gasteiger partial charge in [0.25, 0.3) is 0 Å². The number of ether oxygens (including phenoxy) is 4. The molecule has 0 unspecified atom stereocenters. The molecule has 4 fully saturated rings. The summed E-state index contributed by atoms with van der Waals surface area (Å²) in [6.07, 6.45) is 2.97. The zero-order valence-electron chi connectivity index (χ0n) is 36.8. The van der Waals surface area contributed by atoms with Gasteiger partial charge in [0.1, 0.15) is 23.7 Å². The molecule has 6 atom stereocenters. The minimum Gasteiger partial charge on any atom is -0.453 e. The molecule has 3 aromatic carbocycles. The van der Waals surface area contributed by atoms with Gasteiger partial charge in [0.2, 0.25) is 11.8 Å². The molecule has 9 rings (SSSR count). The molecule has 0 spiro atoms. The van der Waals surface area contributed by atoms with Crippen molar-refractivity contribution in [2.45, 2.75) is 76.5 Å². The van der Waals surface area contributed by atoms with Crippen molar-refractivity contribution in [2.75, 3.05) is 53.7 Å². The van der Waals surface area contributed by atoms with Crippen LogP contribution in [0.4, 0.5) is 9.59 Å². The number of aromatic amines is 2. The molecule has 336 valence electrons.